The Labute approximate surface area is 145 Å². The fourth-order valence-electron chi connectivity index (χ4n) is 2.42. The minimum Gasteiger partial charge on any atom is -0.493 e. The van der Waals surface area contributed by atoms with Gasteiger partial charge in [-0.25, -0.2) is 4.98 Å². The summed E-state index contributed by atoms with van der Waals surface area (Å²) in [6.45, 7) is 2.12. The molecule has 1 heterocycles. The number of rotatable bonds is 7. The van der Waals surface area contributed by atoms with Gasteiger partial charge in [0.15, 0.2) is 29.1 Å². The molecule has 1 unspecified atom stereocenters. The fraction of sp³-hybridized carbons (Fsp3) is 0.263. The van der Waals surface area contributed by atoms with E-state index in [0.717, 1.165) is 11.1 Å². The van der Waals surface area contributed by atoms with Gasteiger partial charge in [0, 0.05) is 13.0 Å². The summed E-state index contributed by atoms with van der Waals surface area (Å²) in [5, 5.41) is 2.83. The van der Waals surface area contributed by atoms with Crippen molar-refractivity contribution < 1.29 is 18.7 Å². The molecule has 0 aliphatic heterocycles. The van der Waals surface area contributed by atoms with Gasteiger partial charge in [0.1, 0.15) is 5.52 Å². The van der Waals surface area contributed by atoms with E-state index < -0.39 is 6.10 Å². The molecule has 3 aromatic rings. The molecule has 6 heteroatoms. The number of methoxy groups -OCH3 is 1. The highest BCUT2D eigenvalue weighted by Gasteiger charge is 2.16. The number of benzene rings is 2. The van der Waals surface area contributed by atoms with Crippen LogP contribution in [0.2, 0.25) is 0 Å². The molecule has 6 nitrogen and oxygen atoms in total. The van der Waals surface area contributed by atoms with Gasteiger partial charge >= 0.3 is 0 Å². The number of nitrogens with one attached hydrogen (secondary N) is 1. The second-order valence-corrected chi connectivity index (χ2v) is 5.53. The third kappa shape index (κ3) is 4.09. The smallest absolute Gasteiger partial charge is 0.260 e. The van der Waals surface area contributed by atoms with Gasteiger partial charge in [-0.1, -0.05) is 24.3 Å². The van der Waals surface area contributed by atoms with Crippen LogP contribution >= 0.6 is 0 Å². The summed E-state index contributed by atoms with van der Waals surface area (Å²) in [7, 11) is 1.56. The highest BCUT2D eigenvalue weighted by molar-refractivity contribution is 5.80. The Morgan fingerprint density at radius 3 is 2.64 bits per heavy atom. The molecule has 0 aliphatic carbocycles. The van der Waals surface area contributed by atoms with Crippen molar-refractivity contribution in [1.82, 2.24) is 10.3 Å². The molecule has 0 spiro atoms. The molecular weight excluding hydrogens is 320 g/mol. The topological polar surface area (TPSA) is 73.6 Å². The summed E-state index contributed by atoms with van der Waals surface area (Å²) in [4.78, 5) is 16.6. The number of hydrogen-bond donors (Lipinski definition) is 1. The van der Waals surface area contributed by atoms with Crippen molar-refractivity contribution in [3.05, 3.63) is 54.4 Å². The lowest BCUT2D eigenvalue weighted by molar-refractivity contribution is -0.127. The normalized spacial score (nSPS) is 11.9. The quantitative estimate of drug-likeness (QED) is 0.716. The van der Waals surface area contributed by atoms with Crippen molar-refractivity contribution in [2.45, 2.75) is 19.4 Å². The minimum absolute atomic E-state index is 0.206. The molecule has 130 valence electrons. The number of ether oxygens (including phenoxy) is 2. The predicted octanol–water partition coefficient (Wildman–Crippen LogP) is 2.96. The van der Waals surface area contributed by atoms with Crippen molar-refractivity contribution in [2.75, 3.05) is 13.7 Å². The molecule has 0 bridgehead atoms. The maximum absolute atomic E-state index is 12.2. The highest BCUT2D eigenvalue weighted by atomic mass is 16.5. The van der Waals surface area contributed by atoms with Gasteiger partial charge in [-0.3, -0.25) is 4.79 Å². The van der Waals surface area contributed by atoms with E-state index >= 15 is 0 Å². The molecule has 1 aromatic heterocycles. The average Bonchev–Trinajstić information content (AvgIpc) is 3.04. The lowest BCUT2D eigenvalue weighted by atomic mass is 10.3. The number of carbonyl (C=O) groups excluding carboxylic acids is 1. The zero-order chi connectivity index (χ0) is 17.6. The maximum Gasteiger partial charge on any atom is 0.260 e. The average molecular weight is 340 g/mol. The number of nitrogens with zero attached hydrogens (tertiary/aromatic N) is 1. The number of fused-ring (bicyclic) bond motifs is 1. The van der Waals surface area contributed by atoms with E-state index in [4.69, 9.17) is 13.9 Å². The zero-order valence-corrected chi connectivity index (χ0v) is 14.2. The van der Waals surface area contributed by atoms with E-state index in [2.05, 4.69) is 10.3 Å². The summed E-state index contributed by atoms with van der Waals surface area (Å²) in [6.07, 6.45) is -0.123. The summed E-state index contributed by atoms with van der Waals surface area (Å²) in [6, 6.07) is 14.8. The SMILES string of the molecule is COc1ccccc1OC(C)C(=O)NCCc1nc2ccccc2o1. The monoisotopic (exact) mass is 340 g/mol. The lowest BCUT2D eigenvalue weighted by Gasteiger charge is -2.16. The molecule has 25 heavy (non-hydrogen) atoms. The standard InChI is InChI=1S/C19H20N2O4/c1-13(24-17-10-6-5-9-16(17)23-2)19(22)20-12-11-18-21-14-7-3-4-8-15(14)25-18/h3-10,13H,11-12H2,1-2H3,(H,20,22). The first kappa shape index (κ1) is 16.8. The summed E-state index contributed by atoms with van der Waals surface area (Å²) in [5.41, 5.74) is 1.56. The minimum atomic E-state index is -0.639. The van der Waals surface area contributed by atoms with Crippen LogP contribution in [0.3, 0.4) is 0 Å². The predicted molar refractivity (Wildman–Crippen MR) is 93.8 cm³/mol. The van der Waals surface area contributed by atoms with E-state index in [-0.39, 0.29) is 5.91 Å². The Bertz CT molecular complexity index is 826. The van der Waals surface area contributed by atoms with Crippen LogP contribution < -0.4 is 14.8 Å². The molecule has 1 amide bonds. The van der Waals surface area contributed by atoms with Crippen LogP contribution in [0.5, 0.6) is 11.5 Å². The van der Waals surface area contributed by atoms with E-state index in [1.807, 2.05) is 36.4 Å². The second kappa shape index (κ2) is 7.70. The van der Waals surface area contributed by atoms with Gasteiger partial charge in [0.25, 0.3) is 5.91 Å². The second-order valence-electron chi connectivity index (χ2n) is 5.53. The number of amides is 1. The summed E-state index contributed by atoms with van der Waals surface area (Å²) in [5.74, 6) is 1.52. The number of aromatic nitrogens is 1. The first-order valence-electron chi connectivity index (χ1n) is 8.09. The van der Waals surface area contributed by atoms with Crippen LogP contribution in [0.1, 0.15) is 12.8 Å². The zero-order valence-electron chi connectivity index (χ0n) is 14.2. The molecule has 0 radical (unpaired) electrons. The Balaban J connectivity index is 1.51. The van der Waals surface area contributed by atoms with E-state index in [0.29, 0.717) is 30.4 Å². The molecule has 0 saturated heterocycles. The summed E-state index contributed by atoms with van der Waals surface area (Å²) < 4.78 is 16.5. The van der Waals surface area contributed by atoms with Crippen molar-refractivity contribution >= 4 is 17.0 Å². The lowest BCUT2D eigenvalue weighted by Crippen LogP contribution is -2.37. The molecule has 3 rings (SSSR count). The van der Waals surface area contributed by atoms with Gasteiger partial charge in [0.05, 0.1) is 7.11 Å². The molecule has 1 N–H and O–H groups in total. The number of carbonyl (C=O) groups is 1. The summed E-state index contributed by atoms with van der Waals surface area (Å²) >= 11 is 0. The van der Waals surface area contributed by atoms with Crippen LogP contribution in [0, 0.1) is 0 Å². The van der Waals surface area contributed by atoms with Gasteiger partial charge in [-0.15, -0.1) is 0 Å². The molecule has 0 aliphatic rings. The third-order valence-electron chi connectivity index (χ3n) is 3.72. The maximum atomic E-state index is 12.2. The van der Waals surface area contributed by atoms with Crippen molar-refractivity contribution in [2.24, 2.45) is 0 Å². The molecule has 2 aromatic carbocycles. The van der Waals surface area contributed by atoms with Crippen LogP contribution in [-0.4, -0.2) is 30.6 Å². The Hall–Kier alpha value is -3.02. The van der Waals surface area contributed by atoms with E-state index in [1.165, 1.54) is 0 Å². The van der Waals surface area contributed by atoms with Crippen molar-refractivity contribution in [1.29, 1.82) is 0 Å². The molecule has 0 saturated carbocycles. The van der Waals surface area contributed by atoms with Crippen LogP contribution in [0.25, 0.3) is 11.1 Å². The number of hydrogen-bond acceptors (Lipinski definition) is 5. The first-order chi connectivity index (χ1) is 12.2. The van der Waals surface area contributed by atoms with Crippen molar-refractivity contribution in [3.63, 3.8) is 0 Å². The third-order valence-corrected chi connectivity index (χ3v) is 3.72. The Morgan fingerprint density at radius 1 is 1.16 bits per heavy atom. The molecular formula is C19H20N2O4. The Kier molecular flexibility index (Phi) is 5.18. The van der Waals surface area contributed by atoms with Gasteiger partial charge in [-0.2, -0.15) is 0 Å². The van der Waals surface area contributed by atoms with Gasteiger partial charge in [-0.05, 0) is 31.2 Å². The van der Waals surface area contributed by atoms with E-state index in [1.54, 1.807) is 26.2 Å². The molecule has 0 fully saturated rings. The van der Waals surface area contributed by atoms with Gasteiger partial charge in [0.2, 0.25) is 0 Å². The van der Waals surface area contributed by atoms with Gasteiger partial charge < -0.3 is 19.2 Å². The van der Waals surface area contributed by atoms with Crippen LogP contribution in [-0.2, 0) is 11.2 Å². The van der Waals surface area contributed by atoms with Crippen molar-refractivity contribution in [3.8, 4) is 11.5 Å². The van der Waals surface area contributed by atoms with Crippen LogP contribution in [0.15, 0.2) is 52.9 Å². The largest absolute Gasteiger partial charge is 0.493 e. The number of para-hydroxylation sites is 4. The first-order valence-corrected chi connectivity index (χ1v) is 8.09. The van der Waals surface area contributed by atoms with Crippen LogP contribution in [0.4, 0.5) is 0 Å². The molecule has 1 atom stereocenters. The Morgan fingerprint density at radius 2 is 1.88 bits per heavy atom. The van der Waals surface area contributed by atoms with E-state index in [9.17, 15) is 4.79 Å². The highest BCUT2D eigenvalue weighted by Crippen LogP contribution is 2.26. The fourth-order valence-corrected chi connectivity index (χ4v) is 2.42. The number of oxazole rings is 1.